The third kappa shape index (κ3) is 6.49. The molecule has 0 saturated carbocycles. The zero-order valence-corrected chi connectivity index (χ0v) is 19.3. The molecule has 0 heterocycles. The van der Waals surface area contributed by atoms with Crippen LogP contribution in [0.4, 0.5) is 0 Å². The predicted molar refractivity (Wildman–Crippen MR) is 126 cm³/mol. The van der Waals surface area contributed by atoms with Crippen LogP contribution in [0, 0.1) is 0 Å². The third-order valence-electron chi connectivity index (χ3n) is 4.01. The first-order valence-electron chi connectivity index (χ1n) is 8.81. The first-order valence-corrected chi connectivity index (χ1v) is 11.4. The van der Waals surface area contributed by atoms with Crippen molar-refractivity contribution < 1.29 is 14.6 Å². The maximum atomic E-state index is 10.7. The fourth-order valence-corrected chi connectivity index (χ4v) is 4.58. The van der Waals surface area contributed by atoms with E-state index >= 15 is 0 Å². The Labute approximate surface area is 191 Å². The van der Waals surface area contributed by atoms with Crippen LogP contribution in [0.1, 0.15) is 11.1 Å². The summed E-state index contributed by atoms with van der Waals surface area (Å²) in [6.07, 6.45) is 2.23. The van der Waals surface area contributed by atoms with Gasteiger partial charge < -0.3 is 9.84 Å². The van der Waals surface area contributed by atoms with Crippen LogP contribution in [0.15, 0.2) is 92.7 Å². The van der Waals surface area contributed by atoms with Crippen molar-refractivity contribution in [3.63, 3.8) is 0 Å². The second-order valence-corrected chi connectivity index (χ2v) is 8.94. The monoisotopic (exact) mass is 532 g/mol. The average molecular weight is 534 g/mol. The quantitative estimate of drug-likeness (QED) is 0.320. The van der Waals surface area contributed by atoms with Gasteiger partial charge in [-0.2, -0.15) is 0 Å². The van der Waals surface area contributed by atoms with Crippen molar-refractivity contribution in [1.82, 2.24) is 0 Å². The van der Waals surface area contributed by atoms with E-state index in [1.165, 1.54) is 11.1 Å². The summed E-state index contributed by atoms with van der Waals surface area (Å²) in [5.74, 6) is 0.311. The van der Waals surface area contributed by atoms with Gasteiger partial charge in [-0.05, 0) is 63.0 Å². The first-order chi connectivity index (χ1) is 14.0. The Morgan fingerprint density at radius 2 is 1.72 bits per heavy atom. The topological polar surface area (TPSA) is 46.5 Å². The maximum absolute atomic E-state index is 10.7. The van der Waals surface area contributed by atoms with E-state index < -0.39 is 5.97 Å². The fraction of sp³-hybridized carbons (Fsp3) is 0.0870. The number of rotatable bonds is 8. The molecule has 0 atom stereocenters. The van der Waals surface area contributed by atoms with Crippen LogP contribution in [0.2, 0.25) is 0 Å². The smallest absolute Gasteiger partial charge is 0.341 e. The zero-order valence-electron chi connectivity index (χ0n) is 15.3. The lowest BCUT2D eigenvalue weighted by Crippen LogP contribution is -2.09. The normalized spacial score (nSPS) is 11.3. The number of halogens is 2. The number of carboxylic acids is 1. The highest BCUT2D eigenvalue weighted by Crippen LogP contribution is 2.32. The highest BCUT2D eigenvalue weighted by Gasteiger charge is 2.07. The molecule has 0 amide bonds. The largest absolute Gasteiger partial charge is 0.481 e. The fourth-order valence-electron chi connectivity index (χ4n) is 2.73. The molecule has 0 saturated heterocycles. The number of hydrogen-bond donors (Lipinski definition) is 1. The van der Waals surface area contributed by atoms with E-state index in [9.17, 15) is 4.79 Å². The highest BCUT2D eigenvalue weighted by atomic mass is 79.9. The van der Waals surface area contributed by atoms with Crippen LogP contribution < -0.4 is 4.74 Å². The molecule has 0 aliphatic heterocycles. The summed E-state index contributed by atoms with van der Waals surface area (Å²) in [6, 6.07) is 24.3. The summed E-state index contributed by atoms with van der Waals surface area (Å²) in [6.45, 7) is -0.360. The lowest BCUT2D eigenvalue weighted by molar-refractivity contribution is -0.139. The molecule has 3 nitrogen and oxygen atoms in total. The standard InChI is InChI=1S/C23H18Br2O3S/c24-18-8-4-7-17(13-18)20(16-5-2-1-3-6-16)11-12-29-19-9-10-22(21(25)14-19)28-15-23(26)27/h1-11,13-14H,12,15H2,(H,26,27)/b20-11-. The molecule has 0 fully saturated rings. The number of ether oxygens (including phenoxy) is 1. The average Bonchev–Trinajstić information content (AvgIpc) is 2.71. The minimum Gasteiger partial charge on any atom is -0.481 e. The Bertz CT molecular complexity index is 1020. The van der Waals surface area contributed by atoms with Crippen LogP contribution in [0.5, 0.6) is 5.75 Å². The van der Waals surface area contributed by atoms with Crippen LogP contribution in [-0.4, -0.2) is 23.4 Å². The molecule has 1 N–H and O–H groups in total. The Morgan fingerprint density at radius 1 is 0.966 bits per heavy atom. The first kappa shape index (κ1) is 21.7. The van der Waals surface area contributed by atoms with Gasteiger partial charge >= 0.3 is 5.97 Å². The second kappa shape index (κ2) is 10.7. The zero-order chi connectivity index (χ0) is 20.6. The van der Waals surface area contributed by atoms with Crippen LogP contribution in [0.3, 0.4) is 0 Å². The molecule has 0 radical (unpaired) electrons. The van der Waals surface area contributed by atoms with E-state index in [2.05, 4.69) is 62.2 Å². The Hall–Kier alpha value is -2.02. The minimum absolute atomic E-state index is 0.360. The molecule has 148 valence electrons. The van der Waals surface area contributed by atoms with Gasteiger partial charge in [0.25, 0.3) is 0 Å². The van der Waals surface area contributed by atoms with Crippen molar-refractivity contribution >= 4 is 55.2 Å². The van der Waals surface area contributed by atoms with Gasteiger partial charge in [-0.3, -0.25) is 0 Å². The molecule has 6 heteroatoms. The summed E-state index contributed by atoms with van der Waals surface area (Å²) < 4.78 is 7.04. The Balaban J connectivity index is 1.76. The highest BCUT2D eigenvalue weighted by molar-refractivity contribution is 9.10. The minimum atomic E-state index is -0.999. The Kier molecular flexibility index (Phi) is 7.98. The van der Waals surface area contributed by atoms with Gasteiger partial charge in [-0.1, -0.05) is 64.5 Å². The van der Waals surface area contributed by atoms with Crippen molar-refractivity contribution in [2.24, 2.45) is 0 Å². The molecule has 0 aliphatic rings. The molecule has 0 unspecified atom stereocenters. The van der Waals surface area contributed by atoms with Gasteiger partial charge in [0, 0.05) is 15.1 Å². The number of carbonyl (C=O) groups is 1. The van der Waals surface area contributed by atoms with E-state index in [1.807, 2.05) is 42.5 Å². The van der Waals surface area contributed by atoms with Gasteiger partial charge in [-0.25, -0.2) is 4.79 Å². The molecule has 0 bridgehead atoms. The van der Waals surface area contributed by atoms with Crippen LogP contribution >= 0.6 is 43.6 Å². The van der Waals surface area contributed by atoms with Crippen molar-refractivity contribution in [3.8, 4) is 5.75 Å². The van der Waals surface area contributed by atoms with Gasteiger partial charge in [0.15, 0.2) is 6.61 Å². The molecular weight excluding hydrogens is 516 g/mol. The molecule has 3 rings (SSSR count). The van der Waals surface area contributed by atoms with Gasteiger partial charge in [-0.15, -0.1) is 11.8 Å². The summed E-state index contributed by atoms with van der Waals surface area (Å²) in [4.78, 5) is 11.7. The van der Waals surface area contributed by atoms with Gasteiger partial charge in [0.05, 0.1) is 4.47 Å². The molecular formula is C23H18Br2O3S. The van der Waals surface area contributed by atoms with E-state index in [0.717, 1.165) is 25.2 Å². The van der Waals surface area contributed by atoms with Gasteiger partial charge in [0.1, 0.15) is 5.75 Å². The molecule has 0 aliphatic carbocycles. The lowest BCUT2D eigenvalue weighted by atomic mass is 9.98. The van der Waals surface area contributed by atoms with Crippen LogP contribution in [-0.2, 0) is 4.79 Å². The number of carboxylic acid groups (broad SMARTS) is 1. The summed E-state index contributed by atoms with van der Waals surface area (Å²) in [5, 5.41) is 8.74. The predicted octanol–water partition coefficient (Wildman–Crippen LogP) is 6.90. The summed E-state index contributed by atoms with van der Waals surface area (Å²) in [5.41, 5.74) is 3.51. The van der Waals surface area contributed by atoms with Crippen molar-refractivity contribution in [3.05, 3.63) is 98.9 Å². The number of hydrogen-bond acceptors (Lipinski definition) is 3. The number of benzene rings is 3. The van der Waals surface area contributed by atoms with Gasteiger partial charge in [0.2, 0.25) is 0 Å². The third-order valence-corrected chi connectivity index (χ3v) is 6.05. The number of aliphatic carboxylic acids is 1. The molecule has 3 aromatic rings. The number of thioether (sulfide) groups is 1. The molecule has 0 spiro atoms. The summed E-state index contributed by atoms with van der Waals surface area (Å²) >= 11 is 8.71. The van der Waals surface area contributed by atoms with Crippen molar-refractivity contribution in [1.29, 1.82) is 0 Å². The van der Waals surface area contributed by atoms with E-state index in [4.69, 9.17) is 9.84 Å². The Morgan fingerprint density at radius 3 is 2.41 bits per heavy atom. The van der Waals surface area contributed by atoms with E-state index in [0.29, 0.717) is 5.75 Å². The van der Waals surface area contributed by atoms with Crippen molar-refractivity contribution in [2.75, 3.05) is 12.4 Å². The van der Waals surface area contributed by atoms with E-state index in [-0.39, 0.29) is 6.61 Å². The summed E-state index contributed by atoms with van der Waals surface area (Å²) in [7, 11) is 0. The van der Waals surface area contributed by atoms with Crippen LogP contribution in [0.25, 0.3) is 5.57 Å². The molecule has 3 aromatic carbocycles. The van der Waals surface area contributed by atoms with E-state index in [1.54, 1.807) is 17.8 Å². The maximum Gasteiger partial charge on any atom is 0.341 e. The second-order valence-electron chi connectivity index (χ2n) is 6.08. The SMILES string of the molecule is O=C(O)COc1ccc(SC/C=C(/c2ccccc2)c2cccc(Br)c2)cc1Br. The molecule has 0 aromatic heterocycles. The molecule has 29 heavy (non-hydrogen) atoms. The van der Waals surface area contributed by atoms with Crippen molar-refractivity contribution in [2.45, 2.75) is 4.90 Å². The lowest BCUT2D eigenvalue weighted by Gasteiger charge is -2.10.